The lowest BCUT2D eigenvalue weighted by molar-refractivity contribution is -0.274. The first-order valence-corrected chi connectivity index (χ1v) is 13.5. The summed E-state index contributed by atoms with van der Waals surface area (Å²) in [7, 11) is 0. The second-order valence-electron chi connectivity index (χ2n) is 11.6. The Morgan fingerprint density at radius 3 is 2.31 bits per heavy atom. The Morgan fingerprint density at radius 2 is 1.69 bits per heavy atom. The third-order valence-corrected chi connectivity index (χ3v) is 7.21. The monoisotopic (exact) mass is 546 g/mol. The highest BCUT2D eigenvalue weighted by atomic mass is 19.4. The second kappa shape index (κ2) is 11.5. The highest BCUT2D eigenvalue weighted by molar-refractivity contribution is 5.99. The van der Waals surface area contributed by atoms with Gasteiger partial charge >= 0.3 is 12.5 Å². The summed E-state index contributed by atoms with van der Waals surface area (Å²) in [5.41, 5.74) is 4.14. The van der Waals surface area contributed by atoms with Gasteiger partial charge in [-0.15, -0.1) is 13.2 Å². The first-order chi connectivity index (χ1) is 18.3. The lowest BCUT2D eigenvalue weighted by atomic mass is 9.90. The van der Waals surface area contributed by atoms with Gasteiger partial charge in [0.2, 0.25) is 0 Å². The van der Waals surface area contributed by atoms with E-state index in [0.717, 1.165) is 67.4 Å². The van der Waals surface area contributed by atoms with Crippen LogP contribution in [0.15, 0.2) is 36.4 Å². The van der Waals surface area contributed by atoms with Crippen molar-refractivity contribution in [3.05, 3.63) is 64.2 Å². The maximum Gasteiger partial charge on any atom is 0.573 e. The largest absolute Gasteiger partial charge is 0.573 e. The molecular weight excluding hydrogens is 509 g/mol. The first kappa shape index (κ1) is 28.8. The summed E-state index contributed by atoms with van der Waals surface area (Å²) in [6.45, 7) is 9.85. The molecule has 2 aromatic carbocycles. The minimum Gasteiger partial charge on any atom is -0.444 e. The van der Waals surface area contributed by atoms with Crippen molar-refractivity contribution in [3.63, 3.8) is 0 Å². The number of hydrogen-bond donors (Lipinski definition) is 0. The summed E-state index contributed by atoms with van der Waals surface area (Å²) in [5, 5.41) is 0. The first-order valence-electron chi connectivity index (χ1n) is 13.5. The van der Waals surface area contributed by atoms with Crippen LogP contribution in [0.1, 0.15) is 79.1 Å². The van der Waals surface area contributed by atoms with Crippen LogP contribution in [0.5, 0.6) is 5.75 Å². The van der Waals surface area contributed by atoms with Crippen LogP contribution >= 0.6 is 0 Å². The van der Waals surface area contributed by atoms with Crippen molar-refractivity contribution in [3.8, 4) is 5.75 Å². The summed E-state index contributed by atoms with van der Waals surface area (Å²) in [5.74, 6) is 0.252. The van der Waals surface area contributed by atoms with Gasteiger partial charge in [-0.25, -0.2) is 4.79 Å². The van der Waals surface area contributed by atoms with Gasteiger partial charge in [-0.05, 0) is 100 Å². The Morgan fingerprint density at radius 1 is 1.03 bits per heavy atom. The molecule has 0 radical (unpaired) electrons. The molecule has 0 atom stereocenters. The number of ether oxygens (including phenoxy) is 2. The number of hydrogen-bond acceptors (Lipinski definition) is 4. The van der Waals surface area contributed by atoms with E-state index in [9.17, 15) is 22.8 Å². The highest BCUT2D eigenvalue weighted by Gasteiger charge is 2.32. The lowest BCUT2D eigenvalue weighted by Crippen LogP contribution is -2.41. The van der Waals surface area contributed by atoms with Gasteiger partial charge in [-0.1, -0.05) is 24.3 Å². The van der Waals surface area contributed by atoms with E-state index in [1.54, 1.807) is 21.9 Å². The molecule has 39 heavy (non-hydrogen) atoms. The number of fused-ring (bicyclic) bond motifs is 1. The molecule has 0 N–H and O–H groups in total. The van der Waals surface area contributed by atoms with Crippen LogP contribution in [0.3, 0.4) is 0 Å². The molecule has 4 rings (SSSR count). The molecule has 2 aliphatic heterocycles. The van der Waals surface area contributed by atoms with Crippen LogP contribution in [-0.4, -0.2) is 46.9 Å². The molecule has 0 unspecified atom stereocenters. The van der Waals surface area contributed by atoms with Crippen LogP contribution in [0.2, 0.25) is 0 Å². The number of piperidine rings is 1. The predicted molar refractivity (Wildman–Crippen MR) is 141 cm³/mol. The van der Waals surface area contributed by atoms with E-state index >= 15 is 0 Å². The number of nitrogens with zero attached hydrogens (tertiary/aromatic N) is 2. The third-order valence-electron chi connectivity index (χ3n) is 7.21. The van der Waals surface area contributed by atoms with Gasteiger partial charge in [0.1, 0.15) is 11.4 Å². The molecule has 0 spiro atoms. The molecule has 2 aromatic rings. The highest BCUT2D eigenvalue weighted by Crippen LogP contribution is 2.31. The molecule has 2 heterocycles. The van der Waals surface area contributed by atoms with E-state index in [1.165, 1.54) is 17.7 Å². The van der Waals surface area contributed by atoms with Crippen molar-refractivity contribution >= 4 is 12.0 Å². The van der Waals surface area contributed by atoms with E-state index in [4.69, 9.17) is 4.74 Å². The molecule has 9 heteroatoms. The summed E-state index contributed by atoms with van der Waals surface area (Å²) >= 11 is 0. The number of alkyl halides is 3. The molecular formula is C30H37F3N2O4. The van der Waals surface area contributed by atoms with Crippen LogP contribution in [0.4, 0.5) is 18.0 Å². The van der Waals surface area contributed by atoms with Gasteiger partial charge in [-0.2, -0.15) is 0 Å². The van der Waals surface area contributed by atoms with E-state index in [1.807, 2.05) is 27.7 Å². The van der Waals surface area contributed by atoms with E-state index in [-0.39, 0.29) is 17.7 Å². The number of rotatable bonds is 7. The minimum absolute atomic E-state index is 0.0542. The smallest absolute Gasteiger partial charge is 0.444 e. The Kier molecular flexibility index (Phi) is 8.47. The molecule has 0 saturated carbocycles. The van der Waals surface area contributed by atoms with Crippen molar-refractivity contribution < 1.29 is 32.2 Å². The van der Waals surface area contributed by atoms with Gasteiger partial charge in [0.15, 0.2) is 0 Å². The number of halogens is 3. The standard InChI is InChI=1S/C30H37F3N2O4/c1-20-16-23(7-5-6-21-12-14-34(15-13-21)28(37)39-29(2,3)4)17-24-19-35(27(36)26(20)24)18-22-8-10-25(11-9-22)38-30(31,32)33/h8-11,16-17,21H,5-7,12-15,18-19H2,1-4H3. The normalized spacial score (nSPS) is 16.4. The minimum atomic E-state index is -4.73. The van der Waals surface area contributed by atoms with Crippen molar-refractivity contribution in [2.45, 2.75) is 84.9 Å². The van der Waals surface area contributed by atoms with Crippen LogP contribution in [0.25, 0.3) is 0 Å². The van der Waals surface area contributed by atoms with Gasteiger partial charge in [0.05, 0.1) is 0 Å². The number of amides is 2. The maximum atomic E-state index is 13.1. The fraction of sp³-hybridized carbons (Fsp3) is 0.533. The Balaban J connectivity index is 1.27. The molecule has 212 valence electrons. The molecule has 0 aromatic heterocycles. The molecule has 1 fully saturated rings. The molecule has 0 aliphatic carbocycles. The summed E-state index contributed by atoms with van der Waals surface area (Å²) in [6.07, 6.45) is 0.0599. The van der Waals surface area contributed by atoms with Crippen molar-refractivity contribution in [1.82, 2.24) is 9.80 Å². The average Bonchev–Trinajstić information content (AvgIpc) is 3.14. The summed E-state index contributed by atoms with van der Waals surface area (Å²) in [6, 6.07) is 9.84. The fourth-order valence-electron chi connectivity index (χ4n) is 5.42. The average molecular weight is 547 g/mol. The quantitative estimate of drug-likeness (QED) is 0.375. The number of likely N-dealkylation sites (tertiary alicyclic amines) is 1. The molecule has 2 aliphatic rings. The van der Waals surface area contributed by atoms with E-state index < -0.39 is 12.0 Å². The molecule has 0 bridgehead atoms. The van der Waals surface area contributed by atoms with Crippen molar-refractivity contribution in [1.29, 1.82) is 0 Å². The number of aryl methyl sites for hydroxylation is 2. The Bertz CT molecular complexity index is 1180. The van der Waals surface area contributed by atoms with Crippen molar-refractivity contribution in [2.24, 2.45) is 5.92 Å². The van der Waals surface area contributed by atoms with E-state index in [2.05, 4.69) is 16.9 Å². The molecule has 6 nitrogen and oxygen atoms in total. The zero-order valence-electron chi connectivity index (χ0n) is 23.1. The van der Waals surface area contributed by atoms with Crippen molar-refractivity contribution in [2.75, 3.05) is 13.1 Å². The summed E-state index contributed by atoms with van der Waals surface area (Å²) in [4.78, 5) is 28.9. The van der Waals surface area contributed by atoms with Gasteiger partial charge in [-0.3, -0.25) is 4.79 Å². The topological polar surface area (TPSA) is 59.1 Å². The SMILES string of the molecule is Cc1cc(CCCC2CCN(C(=O)OC(C)(C)C)CC2)cc2c1C(=O)N(Cc1ccc(OC(F)(F)F)cc1)C2. The Labute approximate surface area is 228 Å². The zero-order chi connectivity index (χ0) is 28.4. The van der Waals surface area contributed by atoms with Gasteiger partial charge in [0.25, 0.3) is 5.91 Å². The number of carbonyl (C=O) groups is 2. The van der Waals surface area contributed by atoms with Gasteiger partial charge in [0, 0.05) is 31.7 Å². The van der Waals surface area contributed by atoms with E-state index in [0.29, 0.717) is 19.0 Å². The predicted octanol–water partition coefficient (Wildman–Crippen LogP) is 7.02. The molecule has 2 amide bonds. The number of carbonyl (C=O) groups excluding carboxylic acids is 2. The second-order valence-corrected chi connectivity index (χ2v) is 11.6. The zero-order valence-corrected chi connectivity index (χ0v) is 23.1. The maximum absolute atomic E-state index is 13.1. The van der Waals surface area contributed by atoms with Crippen LogP contribution in [0, 0.1) is 12.8 Å². The molecule has 1 saturated heterocycles. The van der Waals surface area contributed by atoms with Gasteiger partial charge < -0.3 is 19.3 Å². The fourth-order valence-corrected chi connectivity index (χ4v) is 5.42. The third kappa shape index (κ3) is 7.90. The van der Waals surface area contributed by atoms with Crippen LogP contribution in [-0.2, 0) is 24.2 Å². The number of benzene rings is 2. The summed E-state index contributed by atoms with van der Waals surface area (Å²) < 4.78 is 46.6. The van der Waals surface area contributed by atoms with Crippen LogP contribution < -0.4 is 4.74 Å². The Hall–Kier alpha value is -3.23. The lowest BCUT2D eigenvalue weighted by Gasteiger charge is -2.33.